The number of amides is 2. The predicted octanol–water partition coefficient (Wildman–Crippen LogP) is 5.12. The lowest BCUT2D eigenvalue weighted by Gasteiger charge is -2.28. The van der Waals surface area contributed by atoms with Gasteiger partial charge >= 0.3 is 11.3 Å². The fourth-order valence-corrected chi connectivity index (χ4v) is 4.17. The summed E-state index contributed by atoms with van der Waals surface area (Å²) >= 11 is 1.27. The minimum absolute atomic E-state index is 0.0481. The Morgan fingerprint density at radius 1 is 1.09 bits per heavy atom. The van der Waals surface area contributed by atoms with Crippen LogP contribution < -0.4 is 14.8 Å². The summed E-state index contributed by atoms with van der Waals surface area (Å²) in [5, 5.41) is 8.67. The van der Waals surface area contributed by atoms with Gasteiger partial charge < -0.3 is 14.2 Å². The third-order valence-electron chi connectivity index (χ3n) is 4.85. The zero-order valence-electron chi connectivity index (χ0n) is 18.6. The van der Waals surface area contributed by atoms with E-state index in [-0.39, 0.29) is 10.5 Å². The highest BCUT2D eigenvalue weighted by Crippen LogP contribution is 2.33. The second kappa shape index (κ2) is 10.9. The maximum absolute atomic E-state index is 12.7. The highest BCUT2D eigenvalue weighted by atomic mass is 32.2. The van der Waals surface area contributed by atoms with E-state index in [1.807, 2.05) is 37.3 Å². The van der Waals surface area contributed by atoms with Gasteiger partial charge in [-0.05, 0) is 49.2 Å². The molecule has 0 saturated carbocycles. The summed E-state index contributed by atoms with van der Waals surface area (Å²) in [4.78, 5) is 24.3. The van der Waals surface area contributed by atoms with E-state index in [1.54, 1.807) is 33.3 Å². The van der Waals surface area contributed by atoms with E-state index in [1.165, 1.54) is 16.8 Å². The maximum Gasteiger partial charge on any atom is 0.411 e. The van der Waals surface area contributed by atoms with Crippen molar-refractivity contribution in [2.24, 2.45) is 5.10 Å². The van der Waals surface area contributed by atoms with Crippen LogP contribution in [0.15, 0.2) is 47.6 Å². The first-order chi connectivity index (χ1) is 15.5. The monoisotopic (exact) mass is 457 g/mol. The molecule has 170 valence electrons. The van der Waals surface area contributed by atoms with Crippen molar-refractivity contribution in [3.8, 4) is 11.5 Å². The molecule has 1 unspecified atom stereocenters. The molecule has 2 amide bonds. The molecule has 0 spiro atoms. The van der Waals surface area contributed by atoms with Crippen LogP contribution in [0.2, 0.25) is 0 Å². The first kappa shape index (κ1) is 23.5. The molecule has 1 aliphatic rings. The van der Waals surface area contributed by atoms with Crippen molar-refractivity contribution in [3.63, 3.8) is 0 Å². The number of hydrazone groups is 1. The molecule has 0 aromatic heterocycles. The van der Waals surface area contributed by atoms with E-state index < -0.39 is 6.09 Å². The molecular weight excluding hydrogens is 430 g/mol. The van der Waals surface area contributed by atoms with E-state index >= 15 is 0 Å². The zero-order valence-corrected chi connectivity index (χ0v) is 19.4. The second-order valence-corrected chi connectivity index (χ2v) is 8.09. The van der Waals surface area contributed by atoms with Gasteiger partial charge in [-0.1, -0.05) is 30.8 Å². The molecule has 0 aliphatic carbocycles. The SMILES string of the molecule is CCOC(=O)Nc1ccc(CN2N=C(c3ccc(OC)c(OC)c3)C(CC)SC2=O)cc1. The Morgan fingerprint density at radius 3 is 2.44 bits per heavy atom. The van der Waals surface area contributed by atoms with E-state index in [9.17, 15) is 9.59 Å². The standard InChI is InChI=1S/C23H27N3O5S/c1-5-20-21(16-9-12-18(29-3)19(13-16)30-4)25-26(23(28)32-20)14-15-7-10-17(11-8-15)24-22(27)31-6-2/h7-13,20H,5-6,14H2,1-4H3,(H,24,27). The van der Waals surface area contributed by atoms with Crippen molar-refractivity contribution in [2.45, 2.75) is 32.1 Å². The van der Waals surface area contributed by atoms with Gasteiger partial charge in [-0.25, -0.2) is 9.80 Å². The molecule has 3 rings (SSSR count). The quantitative estimate of drug-likeness (QED) is 0.592. The number of ether oxygens (including phenoxy) is 3. The molecule has 0 bridgehead atoms. The van der Waals surface area contributed by atoms with Crippen molar-refractivity contribution in [3.05, 3.63) is 53.6 Å². The summed E-state index contributed by atoms with van der Waals surface area (Å²) in [5.41, 5.74) is 3.21. The molecule has 2 aromatic carbocycles. The lowest BCUT2D eigenvalue weighted by molar-refractivity contribution is 0.168. The van der Waals surface area contributed by atoms with Crippen LogP contribution in [0.4, 0.5) is 15.3 Å². The number of carbonyl (C=O) groups excluding carboxylic acids is 2. The van der Waals surface area contributed by atoms with Crippen molar-refractivity contribution in [2.75, 3.05) is 26.1 Å². The molecule has 9 heteroatoms. The lowest BCUT2D eigenvalue weighted by atomic mass is 10.0. The highest BCUT2D eigenvalue weighted by molar-refractivity contribution is 8.14. The third kappa shape index (κ3) is 5.53. The fourth-order valence-electron chi connectivity index (χ4n) is 3.24. The number of anilines is 1. The van der Waals surface area contributed by atoms with Gasteiger partial charge in [-0.2, -0.15) is 5.10 Å². The van der Waals surface area contributed by atoms with Crippen molar-refractivity contribution in [1.29, 1.82) is 0 Å². The number of rotatable bonds is 8. The Hall–Kier alpha value is -3.20. The zero-order chi connectivity index (χ0) is 23.1. The molecule has 1 N–H and O–H groups in total. The first-order valence-corrected chi connectivity index (χ1v) is 11.2. The molecule has 1 heterocycles. The van der Waals surface area contributed by atoms with Crippen LogP contribution in [0.25, 0.3) is 0 Å². The molecular formula is C23H27N3O5S. The summed E-state index contributed by atoms with van der Waals surface area (Å²) in [7, 11) is 3.18. The van der Waals surface area contributed by atoms with Gasteiger partial charge in [0.1, 0.15) is 0 Å². The van der Waals surface area contributed by atoms with Crippen LogP contribution >= 0.6 is 11.8 Å². The summed E-state index contributed by atoms with van der Waals surface area (Å²) < 4.78 is 15.6. The van der Waals surface area contributed by atoms with E-state index in [2.05, 4.69) is 5.32 Å². The van der Waals surface area contributed by atoms with Gasteiger partial charge in [0, 0.05) is 11.3 Å². The van der Waals surface area contributed by atoms with Crippen molar-refractivity contribution < 1.29 is 23.8 Å². The molecule has 0 fully saturated rings. The largest absolute Gasteiger partial charge is 0.493 e. The molecule has 2 aromatic rings. The van der Waals surface area contributed by atoms with Gasteiger partial charge in [-0.3, -0.25) is 10.1 Å². The average Bonchev–Trinajstić information content (AvgIpc) is 2.81. The molecule has 1 aliphatic heterocycles. The molecule has 32 heavy (non-hydrogen) atoms. The minimum Gasteiger partial charge on any atom is -0.493 e. The van der Waals surface area contributed by atoms with Crippen molar-refractivity contribution >= 4 is 34.5 Å². The van der Waals surface area contributed by atoms with Crippen LogP contribution in [0, 0.1) is 0 Å². The Balaban J connectivity index is 1.82. The van der Waals surface area contributed by atoms with E-state index in [4.69, 9.17) is 19.3 Å². The van der Waals surface area contributed by atoms with Gasteiger partial charge in [0.25, 0.3) is 0 Å². The third-order valence-corrected chi connectivity index (χ3v) is 6.10. The minimum atomic E-state index is -0.502. The summed E-state index contributed by atoms with van der Waals surface area (Å²) in [6.45, 7) is 4.40. The summed E-state index contributed by atoms with van der Waals surface area (Å²) in [5.74, 6) is 1.25. The van der Waals surface area contributed by atoms with Gasteiger partial charge in [0.15, 0.2) is 11.5 Å². The maximum atomic E-state index is 12.7. The number of nitrogens with zero attached hydrogens (tertiary/aromatic N) is 2. The second-order valence-electron chi connectivity index (χ2n) is 6.94. The average molecular weight is 458 g/mol. The number of carbonyl (C=O) groups is 2. The van der Waals surface area contributed by atoms with Gasteiger partial charge in [0.05, 0.1) is 38.3 Å². The van der Waals surface area contributed by atoms with Crippen molar-refractivity contribution in [1.82, 2.24) is 5.01 Å². The molecule has 8 nitrogen and oxygen atoms in total. The lowest BCUT2D eigenvalue weighted by Crippen LogP contribution is -2.34. The number of benzene rings is 2. The Labute approximate surface area is 191 Å². The first-order valence-electron chi connectivity index (χ1n) is 10.3. The van der Waals surface area contributed by atoms with Gasteiger partial charge in [-0.15, -0.1) is 0 Å². The normalized spacial score (nSPS) is 15.8. The predicted molar refractivity (Wildman–Crippen MR) is 126 cm³/mol. The van der Waals surface area contributed by atoms with Crippen LogP contribution in [-0.4, -0.2) is 48.1 Å². The summed E-state index contributed by atoms with van der Waals surface area (Å²) in [6.07, 6.45) is 0.267. The van der Waals surface area contributed by atoms with Crippen LogP contribution in [-0.2, 0) is 11.3 Å². The Morgan fingerprint density at radius 2 is 1.81 bits per heavy atom. The van der Waals surface area contributed by atoms with Crippen LogP contribution in [0.3, 0.4) is 0 Å². The molecule has 0 saturated heterocycles. The number of hydrogen-bond donors (Lipinski definition) is 1. The van der Waals surface area contributed by atoms with Gasteiger partial charge in [0.2, 0.25) is 0 Å². The Kier molecular flexibility index (Phi) is 7.99. The number of hydrogen-bond acceptors (Lipinski definition) is 7. The molecule has 0 radical (unpaired) electrons. The smallest absolute Gasteiger partial charge is 0.411 e. The van der Waals surface area contributed by atoms with E-state index in [0.717, 1.165) is 23.3 Å². The highest BCUT2D eigenvalue weighted by Gasteiger charge is 2.30. The number of methoxy groups -OCH3 is 2. The fraction of sp³-hybridized carbons (Fsp3) is 0.348. The van der Waals surface area contributed by atoms with E-state index in [0.29, 0.717) is 30.3 Å². The summed E-state index contributed by atoms with van der Waals surface area (Å²) in [6, 6.07) is 12.9. The van der Waals surface area contributed by atoms with Crippen LogP contribution in [0.1, 0.15) is 31.4 Å². The van der Waals surface area contributed by atoms with Crippen LogP contribution in [0.5, 0.6) is 11.5 Å². The molecule has 1 atom stereocenters. The Bertz CT molecular complexity index is 994. The topological polar surface area (TPSA) is 89.5 Å². The number of nitrogens with one attached hydrogen (secondary N) is 1. The number of thioether (sulfide) groups is 1.